The fraction of sp³-hybridized carbons (Fsp3) is 0.0625. The van der Waals surface area contributed by atoms with Crippen LogP contribution in [0.1, 0.15) is 21.7 Å². The van der Waals surface area contributed by atoms with Crippen LogP contribution in [-0.2, 0) is 6.18 Å². The molecule has 1 aromatic carbocycles. The van der Waals surface area contributed by atoms with Crippen LogP contribution in [0.4, 0.5) is 13.2 Å². The van der Waals surface area contributed by atoms with E-state index >= 15 is 0 Å². The average molecular weight is 365 g/mol. The number of hydrogen-bond acceptors (Lipinski definition) is 6. The molecule has 2 heterocycles. The first kappa shape index (κ1) is 17.3. The summed E-state index contributed by atoms with van der Waals surface area (Å²) in [6.45, 7) is 0. The van der Waals surface area contributed by atoms with E-state index in [4.69, 9.17) is 9.15 Å². The number of benzene rings is 1. The van der Waals surface area contributed by atoms with E-state index in [1.807, 2.05) is 0 Å². The van der Waals surface area contributed by atoms with E-state index in [0.29, 0.717) is 0 Å². The number of nitrogens with one attached hydrogen (secondary N) is 1. The molecule has 10 heteroatoms. The number of nitrogens with zero attached hydrogens (tertiary/aromatic N) is 2. The van der Waals surface area contributed by atoms with Gasteiger partial charge in [-0.15, -0.1) is 0 Å². The third-order valence-corrected chi connectivity index (χ3v) is 3.20. The molecule has 2 aromatic heterocycles. The first-order chi connectivity index (χ1) is 12.4. The van der Waals surface area contributed by atoms with Gasteiger partial charge in [-0.1, -0.05) is 12.1 Å². The summed E-state index contributed by atoms with van der Waals surface area (Å²) in [5.41, 5.74) is -1.20. The molecule has 0 amide bonds. The smallest absolute Gasteiger partial charge is 0.419 e. The summed E-state index contributed by atoms with van der Waals surface area (Å²) in [7, 11) is 0. The number of hydrogen-bond donors (Lipinski definition) is 2. The largest absolute Gasteiger partial charge is 0.504 e. The summed E-state index contributed by atoms with van der Waals surface area (Å²) in [5.74, 6) is -2.37. The Morgan fingerprint density at radius 2 is 2.04 bits per heavy atom. The van der Waals surface area contributed by atoms with Gasteiger partial charge in [-0.2, -0.15) is 18.3 Å². The van der Waals surface area contributed by atoms with Crippen LogP contribution in [0.5, 0.6) is 11.7 Å². The number of carbonyl (C=O) groups is 1. The van der Waals surface area contributed by atoms with Gasteiger partial charge in [0.2, 0.25) is 5.82 Å². The lowest BCUT2D eigenvalue weighted by Crippen LogP contribution is -2.07. The molecule has 0 atom stereocenters. The number of para-hydroxylation sites is 1. The van der Waals surface area contributed by atoms with E-state index in [1.165, 1.54) is 24.5 Å². The lowest BCUT2D eigenvalue weighted by atomic mass is 10.2. The zero-order chi connectivity index (χ0) is 18.7. The minimum atomic E-state index is -4.64. The van der Waals surface area contributed by atoms with E-state index in [2.05, 4.69) is 15.2 Å². The molecular weight excluding hydrogens is 355 g/mol. The normalized spacial score (nSPS) is 12.2. The van der Waals surface area contributed by atoms with E-state index in [0.717, 1.165) is 24.5 Å². The van der Waals surface area contributed by atoms with Gasteiger partial charge in [0.1, 0.15) is 17.6 Å². The Morgan fingerprint density at radius 3 is 2.73 bits per heavy atom. The van der Waals surface area contributed by atoms with Gasteiger partial charge in [-0.05, 0) is 18.2 Å². The zero-order valence-electron chi connectivity index (χ0n) is 12.8. The second-order valence-corrected chi connectivity index (χ2v) is 4.93. The molecule has 0 aliphatic rings. The number of rotatable bonds is 5. The topological polar surface area (TPSA) is 101 Å². The number of furan rings is 1. The van der Waals surface area contributed by atoms with Gasteiger partial charge in [0.15, 0.2) is 11.5 Å². The summed E-state index contributed by atoms with van der Waals surface area (Å²) in [6.07, 6.45) is -1.56. The number of alkyl halides is 3. The van der Waals surface area contributed by atoms with Crippen molar-refractivity contribution in [3.05, 3.63) is 65.9 Å². The Balaban J connectivity index is 1.89. The fourth-order valence-electron chi connectivity index (χ4n) is 2.05. The van der Waals surface area contributed by atoms with Crippen molar-refractivity contribution in [2.75, 3.05) is 0 Å². The van der Waals surface area contributed by atoms with Crippen molar-refractivity contribution >= 4 is 11.5 Å². The van der Waals surface area contributed by atoms with Crippen molar-refractivity contribution in [1.82, 2.24) is 15.2 Å². The molecule has 0 aliphatic carbocycles. The van der Waals surface area contributed by atoms with Crippen LogP contribution in [0.2, 0.25) is 0 Å². The third-order valence-electron chi connectivity index (χ3n) is 3.20. The molecule has 26 heavy (non-hydrogen) atoms. The monoisotopic (exact) mass is 365 g/mol. The van der Waals surface area contributed by atoms with Crippen LogP contribution >= 0.6 is 0 Å². The highest BCUT2D eigenvalue weighted by Crippen LogP contribution is 2.38. The number of aliphatic hydroxyl groups is 1. The van der Waals surface area contributed by atoms with E-state index in [1.54, 1.807) is 0 Å². The predicted octanol–water partition coefficient (Wildman–Crippen LogP) is 3.99. The first-order valence-electron chi connectivity index (χ1n) is 7.09. The van der Waals surface area contributed by atoms with Gasteiger partial charge >= 0.3 is 12.1 Å². The Hall–Kier alpha value is -3.56. The molecular formula is C16H10F3N3O4. The molecule has 2 N–H and O–H groups in total. The predicted molar refractivity (Wildman–Crippen MR) is 81.5 cm³/mol. The molecule has 134 valence electrons. The second-order valence-electron chi connectivity index (χ2n) is 4.93. The van der Waals surface area contributed by atoms with Crippen molar-refractivity contribution in [3.8, 4) is 11.7 Å². The van der Waals surface area contributed by atoms with Gasteiger partial charge in [0.25, 0.3) is 0 Å². The second kappa shape index (κ2) is 6.75. The first-order valence-corrected chi connectivity index (χ1v) is 7.09. The highest BCUT2D eigenvalue weighted by atomic mass is 19.4. The summed E-state index contributed by atoms with van der Waals surface area (Å²) >= 11 is 0. The summed E-state index contributed by atoms with van der Waals surface area (Å²) in [5, 5.41) is 15.7. The van der Waals surface area contributed by atoms with Gasteiger partial charge in [0, 0.05) is 6.08 Å². The van der Waals surface area contributed by atoms with E-state index < -0.39 is 35.0 Å². The zero-order valence-corrected chi connectivity index (χ0v) is 12.8. The number of aromatic nitrogens is 3. The van der Waals surface area contributed by atoms with Gasteiger partial charge < -0.3 is 14.3 Å². The number of aliphatic hydroxyl groups excluding tert-OH is 1. The van der Waals surface area contributed by atoms with E-state index in [9.17, 15) is 23.1 Å². The lowest BCUT2D eigenvalue weighted by Gasteiger charge is -2.12. The molecule has 0 saturated heterocycles. The number of carbonyl (C=O) groups excluding carboxylic acids is 1. The average Bonchev–Trinajstić information content (AvgIpc) is 3.26. The Labute approximate surface area is 143 Å². The van der Waals surface area contributed by atoms with Crippen LogP contribution in [0.3, 0.4) is 0 Å². The van der Waals surface area contributed by atoms with Crippen LogP contribution in [-0.4, -0.2) is 26.1 Å². The van der Waals surface area contributed by atoms with Crippen molar-refractivity contribution < 1.29 is 32.2 Å². The standard InChI is InChI=1S/C16H10F3N3O4/c17-16(18,19)10-3-1-2-4-13(10)26-15-9(5-6-25-15)11(23)7-12(24)14-20-8-21-22-14/h1-8,24H,(H,20,21,22). The molecule has 7 nitrogen and oxygen atoms in total. The number of ketones is 1. The highest BCUT2D eigenvalue weighted by Gasteiger charge is 2.34. The Morgan fingerprint density at radius 1 is 1.27 bits per heavy atom. The number of H-pyrrole nitrogens is 1. The van der Waals surface area contributed by atoms with Crippen LogP contribution in [0.15, 0.2) is 53.4 Å². The van der Waals surface area contributed by atoms with E-state index in [-0.39, 0.29) is 11.4 Å². The molecule has 0 fully saturated rings. The molecule has 0 radical (unpaired) electrons. The van der Waals surface area contributed by atoms with Crippen LogP contribution in [0, 0.1) is 0 Å². The van der Waals surface area contributed by atoms with Crippen molar-refractivity contribution in [2.45, 2.75) is 6.18 Å². The SMILES string of the molecule is O=C(C=C(O)c1nc[nH]n1)c1ccoc1Oc1ccccc1C(F)(F)F. The molecule has 0 spiro atoms. The minimum absolute atomic E-state index is 0.119. The van der Waals surface area contributed by atoms with Gasteiger partial charge in [0.05, 0.1) is 11.8 Å². The third kappa shape index (κ3) is 3.58. The molecule has 0 saturated carbocycles. The van der Waals surface area contributed by atoms with Gasteiger partial charge in [-0.25, -0.2) is 4.98 Å². The highest BCUT2D eigenvalue weighted by molar-refractivity contribution is 6.08. The summed E-state index contributed by atoms with van der Waals surface area (Å²) in [4.78, 5) is 15.9. The maximum absolute atomic E-state index is 13.0. The number of halogens is 3. The summed E-state index contributed by atoms with van der Waals surface area (Å²) in [6, 6.07) is 5.70. The summed E-state index contributed by atoms with van der Waals surface area (Å²) < 4.78 is 49.2. The van der Waals surface area contributed by atoms with Gasteiger partial charge in [-0.3, -0.25) is 9.89 Å². The molecule has 0 aliphatic heterocycles. The van der Waals surface area contributed by atoms with Crippen LogP contribution < -0.4 is 4.74 Å². The molecule has 3 rings (SSSR count). The van der Waals surface area contributed by atoms with Crippen molar-refractivity contribution in [2.24, 2.45) is 0 Å². The Kier molecular flexibility index (Phi) is 4.48. The van der Waals surface area contributed by atoms with Crippen LogP contribution in [0.25, 0.3) is 5.76 Å². The number of aromatic amines is 1. The maximum Gasteiger partial charge on any atom is 0.419 e. The Bertz CT molecular complexity index is 946. The van der Waals surface area contributed by atoms with Crippen molar-refractivity contribution in [3.63, 3.8) is 0 Å². The molecule has 3 aromatic rings. The minimum Gasteiger partial charge on any atom is -0.504 e. The lowest BCUT2D eigenvalue weighted by molar-refractivity contribution is -0.138. The van der Waals surface area contributed by atoms with Crippen molar-refractivity contribution in [1.29, 1.82) is 0 Å². The number of allylic oxidation sites excluding steroid dienone is 1. The maximum atomic E-state index is 13.0. The quantitative estimate of drug-likeness (QED) is 0.403. The molecule has 0 unspecified atom stereocenters. The molecule has 0 bridgehead atoms. The fourth-order valence-corrected chi connectivity index (χ4v) is 2.05. The number of ether oxygens (including phenoxy) is 1.